The minimum Gasteiger partial charge on any atom is -0.507 e. The third kappa shape index (κ3) is 3.79. The van der Waals surface area contributed by atoms with Gasteiger partial charge in [-0.1, -0.05) is 0 Å². The summed E-state index contributed by atoms with van der Waals surface area (Å²) >= 11 is 0. The third-order valence-corrected chi connectivity index (χ3v) is 3.22. The topological polar surface area (TPSA) is 95.9 Å². The van der Waals surface area contributed by atoms with Crippen LogP contribution in [0.4, 0.5) is 5.69 Å². The molecule has 2 aromatic carbocycles. The number of carboxylic acids is 1. The molecular weight excluding hydrogens is 298 g/mol. The smallest absolute Gasteiger partial charge is 0.339 e. The fourth-order valence-electron chi connectivity index (χ4n) is 2.09. The van der Waals surface area contributed by atoms with Gasteiger partial charge in [-0.15, -0.1) is 0 Å². The summed E-state index contributed by atoms with van der Waals surface area (Å²) in [6.45, 7) is 3.97. The predicted molar refractivity (Wildman–Crippen MR) is 85.4 cm³/mol. The molecule has 0 aliphatic carbocycles. The highest BCUT2D eigenvalue weighted by molar-refractivity contribution is 6.05. The zero-order valence-corrected chi connectivity index (χ0v) is 12.8. The van der Waals surface area contributed by atoms with Crippen molar-refractivity contribution in [2.45, 2.75) is 13.8 Å². The van der Waals surface area contributed by atoms with E-state index in [9.17, 15) is 14.7 Å². The summed E-state index contributed by atoms with van der Waals surface area (Å²) in [6, 6.07) is 9.33. The molecule has 6 heteroatoms. The van der Waals surface area contributed by atoms with E-state index in [2.05, 4.69) is 5.32 Å². The molecule has 0 unspecified atom stereocenters. The Bertz CT molecular complexity index is 737. The molecule has 2 rings (SSSR count). The molecule has 0 aromatic heterocycles. The number of anilines is 1. The van der Waals surface area contributed by atoms with Crippen LogP contribution in [0.1, 0.15) is 33.2 Å². The number of carbonyl (C=O) groups excluding carboxylic acids is 1. The van der Waals surface area contributed by atoms with Crippen molar-refractivity contribution in [2.24, 2.45) is 0 Å². The molecule has 120 valence electrons. The zero-order valence-electron chi connectivity index (χ0n) is 12.8. The van der Waals surface area contributed by atoms with E-state index in [1.807, 2.05) is 6.92 Å². The van der Waals surface area contributed by atoms with E-state index in [4.69, 9.17) is 9.84 Å². The molecule has 0 atom stereocenters. The van der Waals surface area contributed by atoms with Gasteiger partial charge in [0.25, 0.3) is 5.91 Å². The van der Waals surface area contributed by atoms with E-state index < -0.39 is 5.97 Å². The number of phenols is 1. The van der Waals surface area contributed by atoms with Gasteiger partial charge in [-0.3, -0.25) is 4.79 Å². The van der Waals surface area contributed by atoms with Crippen LogP contribution in [-0.2, 0) is 0 Å². The van der Waals surface area contributed by atoms with Crippen LogP contribution in [-0.4, -0.2) is 28.7 Å². The summed E-state index contributed by atoms with van der Waals surface area (Å²) in [5.74, 6) is -1.29. The van der Waals surface area contributed by atoms with Gasteiger partial charge in [-0.2, -0.15) is 0 Å². The van der Waals surface area contributed by atoms with Crippen molar-refractivity contribution < 1.29 is 24.5 Å². The lowest BCUT2D eigenvalue weighted by atomic mass is 10.1. The van der Waals surface area contributed by atoms with E-state index in [0.29, 0.717) is 29.2 Å². The van der Waals surface area contributed by atoms with Gasteiger partial charge in [0.2, 0.25) is 0 Å². The average Bonchev–Trinajstić information content (AvgIpc) is 2.51. The van der Waals surface area contributed by atoms with Gasteiger partial charge in [0.15, 0.2) is 0 Å². The molecule has 0 heterocycles. The van der Waals surface area contributed by atoms with Gasteiger partial charge in [0.05, 0.1) is 6.61 Å². The molecule has 2 aromatic rings. The third-order valence-electron chi connectivity index (χ3n) is 3.22. The maximum atomic E-state index is 12.2. The first-order valence-electron chi connectivity index (χ1n) is 7.03. The summed E-state index contributed by atoms with van der Waals surface area (Å²) in [5.41, 5.74) is 0.825. The molecule has 0 aliphatic rings. The van der Waals surface area contributed by atoms with Crippen molar-refractivity contribution in [3.8, 4) is 11.5 Å². The summed E-state index contributed by atoms with van der Waals surface area (Å²) in [5, 5.41) is 21.4. The second-order valence-electron chi connectivity index (χ2n) is 4.91. The van der Waals surface area contributed by atoms with Gasteiger partial charge in [0, 0.05) is 11.3 Å². The first-order valence-corrected chi connectivity index (χ1v) is 7.03. The number of rotatable bonds is 5. The first-order chi connectivity index (χ1) is 10.9. The van der Waals surface area contributed by atoms with Crippen molar-refractivity contribution in [1.82, 2.24) is 0 Å². The van der Waals surface area contributed by atoms with Crippen LogP contribution in [0.15, 0.2) is 36.4 Å². The number of aromatic hydroxyl groups is 1. The fraction of sp³-hybridized carbons (Fsp3) is 0.176. The van der Waals surface area contributed by atoms with Crippen molar-refractivity contribution in [3.05, 3.63) is 53.1 Å². The number of nitrogens with one attached hydrogen (secondary N) is 1. The maximum absolute atomic E-state index is 12.2. The van der Waals surface area contributed by atoms with Crippen molar-refractivity contribution >= 4 is 17.6 Å². The monoisotopic (exact) mass is 315 g/mol. The van der Waals surface area contributed by atoms with E-state index in [1.54, 1.807) is 31.2 Å². The van der Waals surface area contributed by atoms with E-state index in [1.165, 1.54) is 12.1 Å². The van der Waals surface area contributed by atoms with Crippen molar-refractivity contribution in [2.75, 3.05) is 11.9 Å². The summed E-state index contributed by atoms with van der Waals surface area (Å²) in [4.78, 5) is 23.3. The lowest BCUT2D eigenvalue weighted by molar-refractivity contribution is 0.0693. The summed E-state index contributed by atoms with van der Waals surface area (Å²) in [7, 11) is 0. The van der Waals surface area contributed by atoms with E-state index in [-0.39, 0.29) is 17.2 Å². The summed E-state index contributed by atoms with van der Waals surface area (Å²) in [6.07, 6.45) is 0. The van der Waals surface area contributed by atoms with Crippen LogP contribution in [0.2, 0.25) is 0 Å². The molecule has 0 radical (unpaired) electrons. The first kappa shape index (κ1) is 16.4. The second kappa shape index (κ2) is 6.83. The minimum atomic E-state index is -1.26. The number of aromatic carboxylic acids is 1. The number of ether oxygens (including phenoxy) is 1. The molecule has 0 fully saturated rings. The van der Waals surface area contributed by atoms with Crippen LogP contribution in [0.5, 0.6) is 11.5 Å². The molecule has 3 N–H and O–H groups in total. The minimum absolute atomic E-state index is 0.257. The number of amides is 1. The highest BCUT2D eigenvalue weighted by Crippen LogP contribution is 2.27. The van der Waals surface area contributed by atoms with Crippen molar-refractivity contribution in [1.29, 1.82) is 0 Å². The summed E-state index contributed by atoms with van der Waals surface area (Å²) < 4.78 is 5.31. The standard InChI is InChI=1S/C17H17NO5/c1-3-23-13-6-4-11(5-7-13)16(20)18-12-8-10(2)15(19)14(9-12)17(21)22/h4-9,19H,3H2,1-2H3,(H,18,20)(H,21,22). The Morgan fingerprint density at radius 2 is 1.83 bits per heavy atom. The van der Waals surface area contributed by atoms with Crippen LogP contribution in [0.3, 0.4) is 0 Å². The number of hydrogen-bond acceptors (Lipinski definition) is 4. The Kier molecular flexibility index (Phi) is 4.85. The predicted octanol–water partition coefficient (Wildman–Crippen LogP) is 3.05. The van der Waals surface area contributed by atoms with Crippen LogP contribution < -0.4 is 10.1 Å². The lowest BCUT2D eigenvalue weighted by Gasteiger charge is -2.10. The van der Waals surface area contributed by atoms with Gasteiger partial charge in [0.1, 0.15) is 17.1 Å². The van der Waals surface area contributed by atoms with Gasteiger partial charge in [-0.05, 0) is 55.8 Å². The van der Waals surface area contributed by atoms with E-state index >= 15 is 0 Å². The van der Waals surface area contributed by atoms with Crippen LogP contribution in [0.25, 0.3) is 0 Å². The van der Waals surface area contributed by atoms with Gasteiger partial charge >= 0.3 is 5.97 Å². The lowest BCUT2D eigenvalue weighted by Crippen LogP contribution is -2.12. The Morgan fingerprint density at radius 1 is 1.17 bits per heavy atom. The zero-order chi connectivity index (χ0) is 17.0. The Morgan fingerprint density at radius 3 is 2.39 bits per heavy atom. The number of aryl methyl sites for hydroxylation is 1. The quantitative estimate of drug-likeness (QED) is 0.737. The van der Waals surface area contributed by atoms with Crippen LogP contribution in [0, 0.1) is 6.92 Å². The molecule has 23 heavy (non-hydrogen) atoms. The molecule has 1 amide bonds. The maximum Gasteiger partial charge on any atom is 0.339 e. The molecule has 0 saturated carbocycles. The average molecular weight is 315 g/mol. The van der Waals surface area contributed by atoms with Gasteiger partial charge in [-0.25, -0.2) is 4.79 Å². The Hall–Kier alpha value is -3.02. The largest absolute Gasteiger partial charge is 0.507 e. The highest BCUT2D eigenvalue weighted by atomic mass is 16.5. The second-order valence-corrected chi connectivity index (χ2v) is 4.91. The molecule has 0 aliphatic heterocycles. The normalized spacial score (nSPS) is 10.2. The molecule has 0 saturated heterocycles. The van der Waals surface area contributed by atoms with Crippen molar-refractivity contribution in [3.63, 3.8) is 0 Å². The highest BCUT2D eigenvalue weighted by Gasteiger charge is 2.15. The fourth-order valence-corrected chi connectivity index (χ4v) is 2.09. The molecule has 0 bridgehead atoms. The number of hydrogen-bond donors (Lipinski definition) is 3. The number of carboxylic acid groups (broad SMARTS) is 1. The molecule has 6 nitrogen and oxygen atoms in total. The van der Waals surface area contributed by atoms with Gasteiger partial charge < -0.3 is 20.3 Å². The Labute approximate surface area is 133 Å². The molecule has 0 spiro atoms. The molecular formula is C17H17NO5. The van der Waals surface area contributed by atoms with E-state index in [0.717, 1.165) is 0 Å². The SMILES string of the molecule is CCOc1ccc(C(=O)Nc2cc(C)c(O)c(C(=O)O)c2)cc1. The van der Waals surface area contributed by atoms with Crippen LogP contribution >= 0.6 is 0 Å². The Balaban J connectivity index is 2.21. The number of benzene rings is 2. The number of carbonyl (C=O) groups is 2.